The Morgan fingerprint density at radius 3 is 2.89 bits per heavy atom. The van der Waals surface area contributed by atoms with E-state index >= 15 is 0 Å². The number of thiazole rings is 1. The minimum Gasteiger partial charge on any atom is -0.466 e. The number of fused-ring (bicyclic) bond motifs is 1. The first kappa shape index (κ1) is 13.2. The predicted octanol–water partition coefficient (Wildman–Crippen LogP) is 2.03. The highest BCUT2D eigenvalue weighted by Gasteiger charge is 2.05. The molecule has 0 fully saturated rings. The minimum atomic E-state index is -0.607. The van der Waals surface area contributed by atoms with Gasteiger partial charge in [-0.1, -0.05) is 12.1 Å². The van der Waals surface area contributed by atoms with Crippen LogP contribution in [0.3, 0.4) is 0 Å². The molecule has 0 aliphatic heterocycles. The van der Waals surface area contributed by atoms with Crippen molar-refractivity contribution in [3.8, 4) is 0 Å². The lowest BCUT2D eigenvalue weighted by Gasteiger charge is -1.98. The maximum atomic E-state index is 11.3. The van der Waals surface area contributed by atoms with Crippen LogP contribution in [0.25, 0.3) is 16.3 Å². The Balaban J connectivity index is 1.98. The number of carbonyl (C=O) groups excluding carboxylic acids is 2. The molecule has 0 amide bonds. The molecule has 0 saturated heterocycles. The van der Waals surface area contributed by atoms with E-state index in [0.29, 0.717) is 5.01 Å². The lowest BCUT2D eigenvalue weighted by Crippen LogP contribution is -2.13. The largest absolute Gasteiger partial charge is 0.466 e. The van der Waals surface area contributed by atoms with Gasteiger partial charge in [-0.15, -0.1) is 11.3 Å². The third kappa shape index (κ3) is 3.62. The lowest BCUT2D eigenvalue weighted by atomic mass is 10.3. The van der Waals surface area contributed by atoms with Crippen molar-refractivity contribution in [2.24, 2.45) is 0 Å². The van der Waals surface area contributed by atoms with Crippen LogP contribution in [0, 0.1) is 0 Å². The Morgan fingerprint density at radius 1 is 1.37 bits per heavy atom. The fourth-order valence-electron chi connectivity index (χ4n) is 1.34. The van der Waals surface area contributed by atoms with E-state index in [2.05, 4.69) is 14.5 Å². The van der Waals surface area contributed by atoms with Crippen LogP contribution in [0.15, 0.2) is 30.3 Å². The molecule has 2 rings (SSSR count). The number of rotatable bonds is 4. The Hall–Kier alpha value is -2.21. The van der Waals surface area contributed by atoms with Crippen molar-refractivity contribution in [1.82, 2.24) is 4.98 Å². The fraction of sp³-hybridized carbons (Fsp3) is 0.154. The molecule has 0 aliphatic rings. The number of hydrogen-bond acceptors (Lipinski definition) is 6. The first-order chi connectivity index (χ1) is 9.19. The van der Waals surface area contributed by atoms with Crippen LogP contribution >= 0.6 is 11.3 Å². The molecule has 1 aromatic heterocycles. The van der Waals surface area contributed by atoms with Gasteiger partial charge in [0.05, 0.1) is 17.3 Å². The van der Waals surface area contributed by atoms with Crippen molar-refractivity contribution in [2.45, 2.75) is 0 Å². The Labute approximate surface area is 113 Å². The van der Waals surface area contributed by atoms with Gasteiger partial charge in [0.2, 0.25) is 0 Å². The van der Waals surface area contributed by atoms with Gasteiger partial charge in [0.1, 0.15) is 5.01 Å². The Morgan fingerprint density at radius 2 is 2.16 bits per heavy atom. The monoisotopic (exact) mass is 277 g/mol. The molecule has 0 N–H and O–H groups in total. The quantitative estimate of drug-likeness (QED) is 0.632. The summed E-state index contributed by atoms with van der Waals surface area (Å²) < 4.78 is 10.1. The van der Waals surface area contributed by atoms with Crippen LogP contribution in [0.2, 0.25) is 0 Å². The first-order valence-corrected chi connectivity index (χ1v) is 6.28. The third-order valence-corrected chi connectivity index (χ3v) is 3.23. The number of benzene rings is 1. The van der Waals surface area contributed by atoms with Crippen LogP contribution in [0.4, 0.5) is 0 Å². The number of para-hydroxylation sites is 1. The zero-order valence-corrected chi connectivity index (χ0v) is 11.0. The second kappa shape index (κ2) is 6.10. The fourth-order valence-corrected chi connectivity index (χ4v) is 2.21. The van der Waals surface area contributed by atoms with E-state index in [-0.39, 0.29) is 6.61 Å². The standard InChI is InChI=1S/C13H11NO4S/c1-17-13(16)8-18-12(15)7-6-11-14-9-4-2-3-5-10(9)19-11/h2-7H,8H2,1H3/b7-6+. The van der Waals surface area contributed by atoms with Crippen LogP contribution in [0.5, 0.6) is 0 Å². The molecule has 0 saturated carbocycles. The molecule has 0 unspecified atom stereocenters. The van der Waals surface area contributed by atoms with E-state index in [9.17, 15) is 9.59 Å². The van der Waals surface area contributed by atoms with E-state index in [1.54, 1.807) is 6.08 Å². The first-order valence-electron chi connectivity index (χ1n) is 5.46. The van der Waals surface area contributed by atoms with Gasteiger partial charge in [-0.25, -0.2) is 14.6 Å². The summed E-state index contributed by atoms with van der Waals surface area (Å²) in [4.78, 5) is 26.4. The van der Waals surface area contributed by atoms with Gasteiger partial charge in [0.15, 0.2) is 6.61 Å². The molecule has 2 aromatic rings. The van der Waals surface area contributed by atoms with Gasteiger partial charge < -0.3 is 9.47 Å². The maximum Gasteiger partial charge on any atom is 0.344 e. The molecule has 0 spiro atoms. The maximum absolute atomic E-state index is 11.3. The highest BCUT2D eigenvalue weighted by Crippen LogP contribution is 2.22. The summed E-state index contributed by atoms with van der Waals surface area (Å²) in [5, 5.41) is 0.705. The van der Waals surface area contributed by atoms with Crippen molar-refractivity contribution in [2.75, 3.05) is 13.7 Å². The molecule has 5 nitrogen and oxygen atoms in total. The van der Waals surface area contributed by atoms with Crippen molar-refractivity contribution in [3.05, 3.63) is 35.3 Å². The number of aromatic nitrogens is 1. The molecule has 6 heteroatoms. The molecule has 0 radical (unpaired) electrons. The molecule has 0 bridgehead atoms. The molecule has 98 valence electrons. The summed E-state index contributed by atoms with van der Waals surface area (Å²) in [6, 6.07) is 7.69. The predicted molar refractivity (Wildman–Crippen MR) is 71.6 cm³/mol. The second-order valence-corrected chi connectivity index (χ2v) is 4.60. The van der Waals surface area contributed by atoms with E-state index < -0.39 is 11.9 Å². The average molecular weight is 277 g/mol. The Bertz CT molecular complexity index is 599. The smallest absolute Gasteiger partial charge is 0.344 e. The van der Waals surface area contributed by atoms with Gasteiger partial charge in [-0.05, 0) is 18.2 Å². The Kier molecular flexibility index (Phi) is 4.25. The summed E-state index contributed by atoms with van der Waals surface area (Å²) in [5.41, 5.74) is 0.884. The summed E-state index contributed by atoms with van der Waals surface area (Å²) in [7, 11) is 1.23. The highest BCUT2D eigenvalue weighted by atomic mass is 32.1. The molecule has 1 aromatic carbocycles. The molecular weight excluding hydrogens is 266 g/mol. The van der Waals surface area contributed by atoms with Crippen molar-refractivity contribution >= 4 is 39.6 Å². The van der Waals surface area contributed by atoms with Gasteiger partial charge in [0.25, 0.3) is 0 Å². The zero-order chi connectivity index (χ0) is 13.7. The van der Waals surface area contributed by atoms with Crippen molar-refractivity contribution in [1.29, 1.82) is 0 Å². The molecule has 0 aliphatic carbocycles. The van der Waals surface area contributed by atoms with Gasteiger partial charge in [-0.3, -0.25) is 0 Å². The van der Waals surface area contributed by atoms with Crippen molar-refractivity contribution in [3.63, 3.8) is 0 Å². The zero-order valence-electron chi connectivity index (χ0n) is 10.2. The molecular formula is C13H11NO4S. The van der Waals surface area contributed by atoms with E-state index in [1.807, 2.05) is 24.3 Å². The van der Waals surface area contributed by atoms with Gasteiger partial charge in [-0.2, -0.15) is 0 Å². The SMILES string of the molecule is COC(=O)COC(=O)/C=C/c1nc2ccccc2s1. The number of esters is 2. The molecule has 1 heterocycles. The summed E-state index contributed by atoms with van der Waals surface area (Å²) in [5.74, 6) is -1.20. The van der Waals surface area contributed by atoms with Crippen LogP contribution in [0.1, 0.15) is 5.01 Å². The minimum absolute atomic E-state index is 0.389. The van der Waals surface area contributed by atoms with Gasteiger partial charge in [0, 0.05) is 6.08 Å². The second-order valence-electron chi connectivity index (χ2n) is 3.54. The number of hydrogen-bond donors (Lipinski definition) is 0. The lowest BCUT2D eigenvalue weighted by molar-refractivity contribution is -0.154. The number of ether oxygens (including phenoxy) is 2. The van der Waals surface area contributed by atoms with Crippen LogP contribution in [-0.2, 0) is 19.1 Å². The van der Waals surface area contributed by atoms with Crippen molar-refractivity contribution < 1.29 is 19.1 Å². The molecule has 19 heavy (non-hydrogen) atoms. The van der Waals surface area contributed by atoms with E-state index in [4.69, 9.17) is 0 Å². The number of carbonyl (C=O) groups is 2. The van der Waals surface area contributed by atoms with Gasteiger partial charge >= 0.3 is 11.9 Å². The summed E-state index contributed by atoms with van der Waals surface area (Å²) in [6.45, 7) is -0.389. The normalized spacial score (nSPS) is 10.8. The number of methoxy groups -OCH3 is 1. The summed E-state index contributed by atoms with van der Waals surface area (Å²) in [6.07, 6.45) is 2.80. The molecule has 0 atom stereocenters. The topological polar surface area (TPSA) is 65.5 Å². The number of nitrogens with zero attached hydrogens (tertiary/aromatic N) is 1. The van der Waals surface area contributed by atoms with E-state index in [0.717, 1.165) is 10.2 Å². The van der Waals surface area contributed by atoms with Crippen LogP contribution in [-0.4, -0.2) is 30.6 Å². The third-order valence-electron chi connectivity index (χ3n) is 2.23. The highest BCUT2D eigenvalue weighted by molar-refractivity contribution is 7.19. The van der Waals surface area contributed by atoms with E-state index in [1.165, 1.54) is 24.5 Å². The van der Waals surface area contributed by atoms with Crippen LogP contribution < -0.4 is 0 Å². The average Bonchev–Trinajstić information content (AvgIpc) is 2.85. The summed E-state index contributed by atoms with van der Waals surface area (Å²) >= 11 is 1.47.